The van der Waals surface area contributed by atoms with E-state index in [1.54, 1.807) is 11.9 Å². The van der Waals surface area contributed by atoms with Gasteiger partial charge in [-0.25, -0.2) is 0 Å². The monoisotopic (exact) mass is 441 g/mol. The smallest absolute Gasteiger partial charge is 0.274 e. The molecule has 1 saturated heterocycles. The summed E-state index contributed by atoms with van der Waals surface area (Å²) >= 11 is 0. The van der Waals surface area contributed by atoms with Crippen molar-refractivity contribution >= 4 is 22.5 Å². The molecule has 1 aliphatic heterocycles. The average Bonchev–Trinajstić information content (AvgIpc) is 3.32. The van der Waals surface area contributed by atoms with Gasteiger partial charge in [-0.1, -0.05) is 31.2 Å². The van der Waals surface area contributed by atoms with E-state index in [1.165, 1.54) is 5.56 Å². The van der Waals surface area contributed by atoms with Crippen LogP contribution in [-0.2, 0) is 10.3 Å². The number of hydrogen-bond acceptors (Lipinski definition) is 3. The first kappa shape index (κ1) is 21.7. The number of ether oxygens (including phenoxy) is 1. The highest BCUT2D eigenvalue weighted by atomic mass is 16.5. The standard InChI is InChI=1S/C28H31N3O2/c1-19-16-28(19,18-29)31-24-11-10-20(21-12-13-33-27(2,3)17-21)14-22(24)15-25(31)26(32)30(4)23-8-6-5-7-9-23/h5-11,14-15,19,21H,12-13,16-17H2,1-4H3/t19-,21-,28+/m1/s1. The van der Waals surface area contributed by atoms with Crippen LogP contribution in [0.2, 0.25) is 0 Å². The van der Waals surface area contributed by atoms with E-state index in [-0.39, 0.29) is 17.4 Å². The summed E-state index contributed by atoms with van der Waals surface area (Å²) in [7, 11) is 1.80. The fourth-order valence-electron chi connectivity index (χ4n) is 5.46. The fraction of sp³-hybridized carbons (Fsp3) is 0.429. The number of para-hydroxylation sites is 1. The zero-order chi connectivity index (χ0) is 23.4. The minimum atomic E-state index is -0.660. The van der Waals surface area contributed by atoms with Crippen molar-refractivity contribution in [3.63, 3.8) is 0 Å². The largest absolute Gasteiger partial charge is 0.376 e. The lowest BCUT2D eigenvalue weighted by molar-refractivity contribution is -0.0592. The number of rotatable bonds is 4. The Kier molecular flexibility index (Phi) is 5.10. The van der Waals surface area contributed by atoms with E-state index < -0.39 is 5.54 Å². The first-order valence-corrected chi connectivity index (χ1v) is 11.8. The molecule has 0 radical (unpaired) electrons. The van der Waals surface area contributed by atoms with Crippen molar-refractivity contribution in [1.82, 2.24) is 4.57 Å². The molecule has 2 aromatic carbocycles. The van der Waals surface area contributed by atoms with Crippen LogP contribution in [0.15, 0.2) is 54.6 Å². The third kappa shape index (κ3) is 3.63. The molecule has 170 valence electrons. The maximum absolute atomic E-state index is 13.7. The Labute approximate surface area is 195 Å². The van der Waals surface area contributed by atoms with E-state index in [9.17, 15) is 10.1 Å². The van der Waals surface area contributed by atoms with Gasteiger partial charge in [0.15, 0.2) is 0 Å². The average molecular weight is 442 g/mol. The summed E-state index contributed by atoms with van der Waals surface area (Å²) < 4.78 is 7.92. The quantitative estimate of drug-likeness (QED) is 0.510. The minimum Gasteiger partial charge on any atom is -0.376 e. The van der Waals surface area contributed by atoms with Gasteiger partial charge in [-0.2, -0.15) is 5.26 Å². The lowest BCUT2D eigenvalue weighted by atomic mass is 9.83. The van der Waals surface area contributed by atoms with Gasteiger partial charge in [0, 0.05) is 24.7 Å². The molecule has 1 saturated carbocycles. The van der Waals surface area contributed by atoms with Crippen molar-refractivity contribution in [3.05, 3.63) is 65.9 Å². The zero-order valence-corrected chi connectivity index (χ0v) is 19.8. The molecular formula is C28H31N3O2. The maximum Gasteiger partial charge on any atom is 0.274 e. The number of nitrogens with zero attached hydrogens (tertiary/aromatic N) is 3. The van der Waals surface area contributed by atoms with Crippen LogP contribution < -0.4 is 4.90 Å². The number of carbonyl (C=O) groups excluding carboxylic acids is 1. The second-order valence-electron chi connectivity index (χ2n) is 10.3. The Morgan fingerprint density at radius 3 is 2.52 bits per heavy atom. The Bertz CT molecular complexity index is 1250. The van der Waals surface area contributed by atoms with Crippen molar-refractivity contribution in [2.45, 2.75) is 57.1 Å². The molecule has 33 heavy (non-hydrogen) atoms. The number of aromatic nitrogens is 1. The van der Waals surface area contributed by atoms with Crippen LogP contribution in [0, 0.1) is 17.2 Å². The summed E-state index contributed by atoms with van der Waals surface area (Å²) in [5.41, 5.74) is 2.86. The summed E-state index contributed by atoms with van der Waals surface area (Å²) in [6, 6.07) is 20.7. The van der Waals surface area contributed by atoms with Gasteiger partial charge >= 0.3 is 0 Å². The first-order valence-electron chi connectivity index (χ1n) is 11.8. The molecule has 0 bridgehead atoms. The van der Waals surface area contributed by atoms with Crippen LogP contribution in [0.4, 0.5) is 5.69 Å². The molecule has 1 aromatic heterocycles. The third-order valence-corrected chi connectivity index (χ3v) is 7.53. The predicted octanol–water partition coefficient (Wildman–Crippen LogP) is 5.85. The fourth-order valence-corrected chi connectivity index (χ4v) is 5.46. The highest BCUT2D eigenvalue weighted by Gasteiger charge is 2.55. The molecule has 1 amide bonds. The Balaban J connectivity index is 1.61. The molecule has 0 spiro atoms. The lowest BCUT2D eigenvalue weighted by Crippen LogP contribution is -2.33. The molecule has 2 fully saturated rings. The molecule has 5 heteroatoms. The summed E-state index contributed by atoms with van der Waals surface area (Å²) in [5.74, 6) is 0.542. The number of hydrogen-bond donors (Lipinski definition) is 0. The van der Waals surface area contributed by atoms with Gasteiger partial charge < -0.3 is 14.2 Å². The normalized spacial score (nSPS) is 26.0. The molecule has 3 aromatic rings. The van der Waals surface area contributed by atoms with Crippen molar-refractivity contribution < 1.29 is 9.53 Å². The van der Waals surface area contributed by atoms with Crippen molar-refractivity contribution in [2.75, 3.05) is 18.6 Å². The molecule has 0 N–H and O–H groups in total. The van der Waals surface area contributed by atoms with Crippen LogP contribution in [0.5, 0.6) is 0 Å². The van der Waals surface area contributed by atoms with Crippen molar-refractivity contribution in [1.29, 1.82) is 5.26 Å². The van der Waals surface area contributed by atoms with E-state index >= 15 is 0 Å². The van der Waals surface area contributed by atoms with Crippen LogP contribution >= 0.6 is 0 Å². The van der Waals surface area contributed by atoms with E-state index in [2.05, 4.69) is 45.0 Å². The Morgan fingerprint density at radius 2 is 1.88 bits per heavy atom. The number of benzene rings is 2. The van der Waals surface area contributed by atoms with Gasteiger partial charge in [0.1, 0.15) is 11.2 Å². The summed E-state index contributed by atoms with van der Waals surface area (Å²) in [5, 5.41) is 11.1. The van der Waals surface area contributed by atoms with E-state index in [4.69, 9.17) is 4.74 Å². The highest BCUT2D eigenvalue weighted by Crippen LogP contribution is 2.52. The molecular weight excluding hydrogens is 410 g/mol. The first-order chi connectivity index (χ1) is 15.8. The summed E-state index contributed by atoms with van der Waals surface area (Å²) in [4.78, 5) is 15.4. The van der Waals surface area contributed by atoms with Crippen LogP contribution in [0.1, 0.15) is 62.0 Å². The van der Waals surface area contributed by atoms with Gasteiger partial charge in [-0.05, 0) is 80.8 Å². The molecule has 3 atom stereocenters. The second kappa shape index (κ2) is 7.74. The number of fused-ring (bicyclic) bond motifs is 1. The van der Waals surface area contributed by atoms with Gasteiger partial charge in [-0.3, -0.25) is 4.79 Å². The van der Waals surface area contributed by atoms with Gasteiger partial charge in [0.25, 0.3) is 5.91 Å². The van der Waals surface area contributed by atoms with E-state index in [0.717, 1.165) is 42.5 Å². The zero-order valence-electron chi connectivity index (χ0n) is 19.8. The number of anilines is 1. The Morgan fingerprint density at radius 1 is 1.15 bits per heavy atom. The van der Waals surface area contributed by atoms with Crippen molar-refractivity contribution in [2.24, 2.45) is 5.92 Å². The van der Waals surface area contributed by atoms with Crippen LogP contribution in [0.3, 0.4) is 0 Å². The van der Waals surface area contributed by atoms with E-state index in [1.807, 2.05) is 41.0 Å². The SMILES string of the molecule is C[C@@H]1C[C@@]1(C#N)n1c(C(=O)N(C)c2ccccc2)cc2cc([C@@H]3CCOC(C)(C)C3)ccc21. The van der Waals surface area contributed by atoms with Crippen molar-refractivity contribution in [3.8, 4) is 6.07 Å². The molecule has 2 heterocycles. The van der Waals surface area contributed by atoms with Crippen LogP contribution in [0.25, 0.3) is 10.9 Å². The Hall–Kier alpha value is -3.10. The molecule has 2 aliphatic rings. The van der Waals surface area contributed by atoms with Gasteiger partial charge in [0.05, 0.1) is 17.2 Å². The molecule has 5 rings (SSSR count). The minimum absolute atomic E-state index is 0.0973. The predicted molar refractivity (Wildman–Crippen MR) is 130 cm³/mol. The molecule has 5 nitrogen and oxygen atoms in total. The molecule has 0 unspecified atom stereocenters. The topological polar surface area (TPSA) is 58.3 Å². The number of amides is 1. The second-order valence-corrected chi connectivity index (χ2v) is 10.3. The number of carbonyl (C=O) groups is 1. The lowest BCUT2D eigenvalue weighted by Gasteiger charge is -2.35. The van der Waals surface area contributed by atoms with Gasteiger partial charge in [-0.15, -0.1) is 0 Å². The third-order valence-electron chi connectivity index (χ3n) is 7.53. The van der Waals surface area contributed by atoms with Crippen LogP contribution in [-0.4, -0.2) is 29.7 Å². The van der Waals surface area contributed by atoms with Gasteiger partial charge in [0.2, 0.25) is 0 Å². The maximum atomic E-state index is 13.7. The summed E-state index contributed by atoms with van der Waals surface area (Å²) in [6.45, 7) is 7.14. The summed E-state index contributed by atoms with van der Waals surface area (Å²) in [6.07, 6.45) is 2.73. The van der Waals surface area contributed by atoms with E-state index in [0.29, 0.717) is 11.6 Å². The number of nitriles is 1. The highest BCUT2D eigenvalue weighted by molar-refractivity contribution is 6.08. The molecule has 1 aliphatic carbocycles.